The third-order valence-electron chi connectivity index (χ3n) is 1.64. The van der Waals surface area contributed by atoms with E-state index in [1.54, 1.807) is 13.0 Å². The summed E-state index contributed by atoms with van der Waals surface area (Å²) in [6.45, 7) is 2.08. The zero-order valence-electron chi connectivity index (χ0n) is 6.74. The molecular weight excluding hydrogens is 178 g/mol. The average molecular weight is 190 g/mol. The van der Waals surface area contributed by atoms with Gasteiger partial charge in [0.2, 0.25) is 0 Å². The SMILES string of the molecule is Cc1cc(O)cc(O)c1CN.Cl. The number of aromatic hydroxyl groups is 2. The van der Waals surface area contributed by atoms with Gasteiger partial charge in [-0.2, -0.15) is 0 Å². The van der Waals surface area contributed by atoms with Crippen molar-refractivity contribution in [2.24, 2.45) is 5.73 Å². The maximum atomic E-state index is 9.23. The summed E-state index contributed by atoms with van der Waals surface area (Å²) in [6.07, 6.45) is 0. The number of phenolic OH excluding ortho intramolecular Hbond substituents is 2. The molecule has 0 fully saturated rings. The molecule has 0 aliphatic rings. The Balaban J connectivity index is 0.00000121. The Morgan fingerprint density at radius 2 is 1.92 bits per heavy atom. The van der Waals surface area contributed by atoms with Crippen molar-refractivity contribution in [2.75, 3.05) is 0 Å². The van der Waals surface area contributed by atoms with Gasteiger partial charge in [-0.15, -0.1) is 12.4 Å². The van der Waals surface area contributed by atoms with Gasteiger partial charge in [-0.3, -0.25) is 0 Å². The highest BCUT2D eigenvalue weighted by atomic mass is 35.5. The minimum Gasteiger partial charge on any atom is -0.508 e. The standard InChI is InChI=1S/C8H11NO2.ClH/c1-5-2-6(10)3-8(11)7(5)4-9;/h2-3,10-11H,4,9H2,1H3;1H. The summed E-state index contributed by atoms with van der Waals surface area (Å²) in [7, 11) is 0. The second-order valence-corrected chi connectivity index (χ2v) is 2.46. The molecule has 68 valence electrons. The quantitative estimate of drug-likeness (QED) is 0.624. The third kappa shape index (κ3) is 2.03. The predicted octanol–water partition coefficient (Wildman–Crippen LogP) is 1.29. The highest BCUT2D eigenvalue weighted by molar-refractivity contribution is 5.85. The first-order valence-corrected chi connectivity index (χ1v) is 3.36. The van der Waals surface area contributed by atoms with E-state index < -0.39 is 0 Å². The molecule has 0 amide bonds. The molecule has 0 heterocycles. The number of rotatable bonds is 1. The largest absolute Gasteiger partial charge is 0.508 e. The number of hydrogen-bond acceptors (Lipinski definition) is 3. The Kier molecular flexibility index (Phi) is 3.86. The lowest BCUT2D eigenvalue weighted by atomic mass is 10.1. The monoisotopic (exact) mass is 189 g/mol. The Labute approximate surface area is 77.2 Å². The van der Waals surface area contributed by atoms with Crippen LogP contribution in [0.4, 0.5) is 0 Å². The fourth-order valence-electron chi connectivity index (χ4n) is 1.05. The molecule has 1 aromatic rings. The molecular formula is C8H12ClNO2. The van der Waals surface area contributed by atoms with Crippen molar-refractivity contribution in [3.8, 4) is 11.5 Å². The van der Waals surface area contributed by atoms with Gasteiger partial charge in [0.15, 0.2) is 0 Å². The lowest BCUT2D eigenvalue weighted by Gasteiger charge is -2.05. The first kappa shape index (κ1) is 11.1. The number of hydrogen-bond donors (Lipinski definition) is 3. The molecule has 1 aromatic carbocycles. The molecule has 0 aliphatic carbocycles. The lowest BCUT2D eigenvalue weighted by Crippen LogP contribution is -1.99. The molecule has 0 unspecified atom stereocenters. The van der Waals surface area contributed by atoms with E-state index in [2.05, 4.69) is 0 Å². The molecule has 1 rings (SSSR count). The van der Waals surface area contributed by atoms with Crippen LogP contribution in [-0.4, -0.2) is 10.2 Å². The molecule has 0 saturated heterocycles. The van der Waals surface area contributed by atoms with Crippen LogP contribution in [-0.2, 0) is 6.54 Å². The molecule has 0 aromatic heterocycles. The molecule has 0 saturated carbocycles. The molecule has 4 N–H and O–H groups in total. The van der Waals surface area contributed by atoms with E-state index in [9.17, 15) is 5.11 Å². The van der Waals surface area contributed by atoms with E-state index in [1.807, 2.05) is 0 Å². The third-order valence-corrected chi connectivity index (χ3v) is 1.64. The summed E-state index contributed by atoms with van der Waals surface area (Å²) in [5, 5.41) is 18.2. The smallest absolute Gasteiger partial charge is 0.124 e. The van der Waals surface area contributed by atoms with E-state index in [-0.39, 0.29) is 30.5 Å². The summed E-state index contributed by atoms with van der Waals surface area (Å²) in [5.74, 6) is 0.127. The van der Waals surface area contributed by atoms with Crippen molar-refractivity contribution in [2.45, 2.75) is 13.5 Å². The highest BCUT2D eigenvalue weighted by Gasteiger charge is 2.03. The van der Waals surface area contributed by atoms with Crippen molar-refractivity contribution in [1.82, 2.24) is 0 Å². The number of benzene rings is 1. The van der Waals surface area contributed by atoms with Crippen LogP contribution in [0.15, 0.2) is 12.1 Å². The minimum absolute atomic E-state index is 0. The van der Waals surface area contributed by atoms with Crippen LogP contribution in [0, 0.1) is 6.92 Å². The molecule has 0 bridgehead atoms. The first-order chi connectivity index (χ1) is 5.15. The highest BCUT2D eigenvalue weighted by Crippen LogP contribution is 2.25. The van der Waals surface area contributed by atoms with Gasteiger partial charge >= 0.3 is 0 Å². The van der Waals surface area contributed by atoms with E-state index in [0.717, 1.165) is 5.56 Å². The van der Waals surface area contributed by atoms with Gasteiger partial charge in [-0.05, 0) is 18.6 Å². The zero-order chi connectivity index (χ0) is 8.43. The van der Waals surface area contributed by atoms with Crippen LogP contribution in [0.3, 0.4) is 0 Å². The Morgan fingerprint density at radius 1 is 1.33 bits per heavy atom. The molecule has 0 radical (unpaired) electrons. The van der Waals surface area contributed by atoms with Crippen LogP contribution in [0.1, 0.15) is 11.1 Å². The number of aryl methyl sites for hydroxylation is 1. The normalized spacial score (nSPS) is 9.17. The van der Waals surface area contributed by atoms with Gasteiger partial charge in [0.25, 0.3) is 0 Å². The fraction of sp³-hybridized carbons (Fsp3) is 0.250. The van der Waals surface area contributed by atoms with Crippen molar-refractivity contribution < 1.29 is 10.2 Å². The summed E-state index contributed by atoms with van der Waals surface area (Å²) in [6, 6.07) is 2.86. The summed E-state index contributed by atoms with van der Waals surface area (Å²) in [5.41, 5.74) is 6.85. The average Bonchev–Trinajstić information content (AvgIpc) is 1.85. The molecule has 0 spiro atoms. The van der Waals surface area contributed by atoms with Gasteiger partial charge in [-0.1, -0.05) is 0 Å². The van der Waals surface area contributed by atoms with Crippen LogP contribution in [0.25, 0.3) is 0 Å². The van der Waals surface area contributed by atoms with Crippen LogP contribution in [0.5, 0.6) is 11.5 Å². The molecule has 4 heteroatoms. The predicted molar refractivity (Wildman–Crippen MR) is 49.6 cm³/mol. The summed E-state index contributed by atoms with van der Waals surface area (Å²) < 4.78 is 0. The molecule has 0 aliphatic heterocycles. The van der Waals surface area contributed by atoms with Crippen molar-refractivity contribution in [3.05, 3.63) is 23.3 Å². The molecule has 3 nitrogen and oxygen atoms in total. The Morgan fingerprint density at radius 3 is 2.33 bits per heavy atom. The number of nitrogens with two attached hydrogens (primary N) is 1. The van der Waals surface area contributed by atoms with Crippen LogP contribution >= 0.6 is 12.4 Å². The van der Waals surface area contributed by atoms with Gasteiger partial charge in [-0.25, -0.2) is 0 Å². The second kappa shape index (κ2) is 4.18. The van der Waals surface area contributed by atoms with Gasteiger partial charge in [0.05, 0.1) is 0 Å². The zero-order valence-corrected chi connectivity index (χ0v) is 7.56. The van der Waals surface area contributed by atoms with Crippen molar-refractivity contribution >= 4 is 12.4 Å². The van der Waals surface area contributed by atoms with E-state index in [0.29, 0.717) is 5.56 Å². The number of phenols is 2. The van der Waals surface area contributed by atoms with Crippen LogP contribution < -0.4 is 5.73 Å². The van der Waals surface area contributed by atoms with E-state index in [4.69, 9.17) is 10.8 Å². The topological polar surface area (TPSA) is 66.5 Å². The number of halogens is 1. The van der Waals surface area contributed by atoms with Crippen molar-refractivity contribution in [3.63, 3.8) is 0 Å². The summed E-state index contributed by atoms with van der Waals surface area (Å²) >= 11 is 0. The molecule has 12 heavy (non-hydrogen) atoms. The van der Waals surface area contributed by atoms with E-state index in [1.165, 1.54) is 6.07 Å². The maximum Gasteiger partial charge on any atom is 0.124 e. The second-order valence-electron chi connectivity index (χ2n) is 2.46. The Bertz CT molecular complexity index is 253. The van der Waals surface area contributed by atoms with Crippen molar-refractivity contribution in [1.29, 1.82) is 0 Å². The first-order valence-electron chi connectivity index (χ1n) is 3.36. The van der Waals surface area contributed by atoms with Crippen LogP contribution in [0.2, 0.25) is 0 Å². The van der Waals surface area contributed by atoms with Gasteiger partial charge in [0, 0.05) is 18.2 Å². The van der Waals surface area contributed by atoms with Gasteiger partial charge < -0.3 is 15.9 Å². The minimum atomic E-state index is 0. The Hall–Kier alpha value is -0.930. The molecule has 0 atom stereocenters. The maximum absolute atomic E-state index is 9.23. The fourth-order valence-corrected chi connectivity index (χ4v) is 1.05. The van der Waals surface area contributed by atoms with E-state index >= 15 is 0 Å². The lowest BCUT2D eigenvalue weighted by molar-refractivity contribution is 0.445. The van der Waals surface area contributed by atoms with Gasteiger partial charge in [0.1, 0.15) is 11.5 Å². The summed E-state index contributed by atoms with van der Waals surface area (Å²) in [4.78, 5) is 0.